The molecule has 0 fully saturated rings. The molecule has 0 aliphatic carbocycles. The van der Waals surface area contributed by atoms with E-state index < -0.39 is 0 Å². The van der Waals surface area contributed by atoms with Crippen LogP contribution in [0.4, 0.5) is 0 Å². The van der Waals surface area contributed by atoms with Crippen LogP contribution in [0.5, 0.6) is 0 Å². The lowest BCUT2D eigenvalue weighted by atomic mass is 10.4. The lowest BCUT2D eigenvalue weighted by Crippen LogP contribution is -1.91. The van der Waals surface area contributed by atoms with Crippen LogP contribution in [-0.4, -0.2) is 15.1 Å². The van der Waals surface area contributed by atoms with Gasteiger partial charge in [-0.1, -0.05) is 0 Å². The Morgan fingerprint density at radius 1 is 1.50 bits per heavy atom. The van der Waals surface area contributed by atoms with Crippen LogP contribution in [0.3, 0.4) is 0 Å². The second-order valence-electron chi connectivity index (χ2n) is 1.70. The van der Waals surface area contributed by atoms with E-state index in [1.807, 2.05) is 0 Å². The minimum atomic E-state index is -0.0994. The fraction of sp³-hybridized carbons (Fsp3) is 0.143. The summed E-state index contributed by atoms with van der Waals surface area (Å²) in [5.41, 5.74) is 1.01. The summed E-state index contributed by atoms with van der Waals surface area (Å²) in [5, 5.41) is 8.55. The summed E-state index contributed by atoms with van der Waals surface area (Å²) in [6.07, 6.45) is 7.93. The van der Waals surface area contributed by atoms with Crippen molar-refractivity contribution in [2.75, 3.05) is 0 Å². The molecule has 50 valence electrons. The first-order valence-corrected chi connectivity index (χ1v) is 2.75. The Kier molecular flexibility index (Phi) is 1.98. The second-order valence-corrected chi connectivity index (χ2v) is 1.70. The molecule has 0 atom stereocenters. The van der Waals surface area contributed by atoms with E-state index in [1.54, 1.807) is 0 Å². The number of aliphatic hydroxyl groups excluding tert-OH is 1. The first-order valence-electron chi connectivity index (χ1n) is 2.75. The van der Waals surface area contributed by atoms with E-state index in [1.165, 1.54) is 12.4 Å². The van der Waals surface area contributed by atoms with Gasteiger partial charge in [-0.05, 0) is 5.92 Å². The maximum Gasteiger partial charge on any atom is 0.131 e. The van der Waals surface area contributed by atoms with Crippen molar-refractivity contribution in [2.24, 2.45) is 0 Å². The predicted octanol–water partition coefficient (Wildman–Crippen LogP) is -0.0498. The summed E-state index contributed by atoms with van der Waals surface area (Å²) in [6.45, 7) is -0.0994. The van der Waals surface area contributed by atoms with Crippen LogP contribution in [0, 0.1) is 12.3 Å². The van der Waals surface area contributed by atoms with E-state index >= 15 is 0 Å². The van der Waals surface area contributed by atoms with Gasteiger partial charge < -0.3 is 5.11 Å². The average Bonchev–Trinajstić information content (AvgIpc) is 2.05. The van der Waals surface area contributed by atoms with Crippen LogP contribution in [0.1, 0.15) is 11.4 Å². The fourth-order valence-corrected chi connectivity index (χ4v) is 0.511. The summed E-state index contributed by atoms with van der Waals surface area (Å²) in [7, 11) is 0. The van der Waals surface area contributed by atoms with Gasteiger partial charge >= 0.3 is 0 Å². The third-order valence-electron chi connectivity index (χ3n) is 1.02. The molecule has 0 saturated heterocycles. The van der Waals surface area contributed by atoms with Crippen LogP contribution >= 0.6 is 0 Å². The smallest absolute Gasteiger partial charge is 0.131 e. The van der Waals surface area contributed by atoms with E-state index in [-0.39, 0.29) is 6.61 Å². The highest BCUT2D eigenvalue weighted by Gasteiger charge is 1.90. The quantitative estimate of drug-likeness (QED) is 0.548. The van der Waals surface area contributed by atoms with Crippen LogP contribution in [0.25, 0.3) is 0 Å². The Labute approximate surface area is 58.8 Å². The fourth-order valence-electron chi connectivity index (χ4n) is 0.511. The molecule has 0 aliphatic rings. The average molecular weight is 134 g/mol. The first-order chi connectivity index (χ1) is 4.86. The molecule has 0 aliphatic heterocycles. The zero-order valence-electron chi connectivity index (χ0n) is 5.28. The Hall–Kier alpha value is -1.40. The molecule has 0 amide bonds. The molecule has 1 aromatic rings. The third kappa shape index (κ3) is 1.30. The van der Waals surface area contributed by atoms with E-state index in [9.17, 15) is 0 Å². The van der Waals surface area contributed by atoms with Gasteiger partial charge in [0, 0.05) is 0 Å². The molecule has 10 heavy (non-hydrogen) atoms. The lowest BCUT2D eigenvalue weighted by Gasteiger charge is -1.91. The number of terminal acetylenes is 1. The predicted molar refractivity (Wildman–Crippen MR) is 35.9 cm³/mol. The number of hydrogen-bond acceptors (Lipinski definition) is 3. The number of rotatable bonds is 1. The maximum atomic E-state index is 8.55. The minimum Gasteiger partial charge on any atom is -0.390 e. The molecule has 3 heteroatoms. The van der Waals surface area contributed by atoms with Crippen molar-refractivity contribution in [1.29, 1.82) is 0 Å². The molecule has 0 bridgehead atoms. The highest BCUT2D eigenvalue weighted by Crippen LogP contribution is 1.92. The van der Waals surface area contributed by atoms with Crippen molar-refractivity contribution in [3.05, 3.63) is 23.8 Å². The highest BCUT2D eigenvalue weighted by atomic mass is 16.3. The van der Waals surface area contributed by atoms with Crippen molar-refractivity contribution in [1.82, 2.24) is 9.97 Å². The number of aliphatic hydroxyl groups is 1. The summed E-state index contributed by atoms with van der Waals surface area (Å²) < 4.78 is 0. The van der Waals surface area contributed by atoms with Gasteiger partial charge in [-0.2, -0.15) is 0 Å². The summed E-state index contributed by atoms with van der Waals surface area (Å²) >= 11 is 0. The second kappa shape index (κ2) is 2.95. The van der Waals surface area contributed by atoms with Gasteiger partial charge in [0.05, 0.1) is 24.7 Å². The Morgan fingerprint density at radius 2 is 2.30 bits per heavy atom. The van der Waals surface area contributed by atoms with Gasteiger partial charge in [-0.3, -0.25) is 4.98 Å². The van der Waals surface area contributed by atoms with Crippen LogP contribution in [0.2, 0.25) is 0 Å². The Morgan fingerprint density at radius 3 is 2.70 bits per heavy atom. The van der Waals surface area contributed by atoms with E-state index in [2.05, 4.69) is 15.9 Å². The van der Waals surface area contributed by atoms with Gasteiger partial charge in [-0.25, -0.2) is 4.98 Å². The zero-order valence-corrected chi connectivity index (χ0v) is 5.28. The molecular formula is C7H6N2O. The van der Waals surface area contributed by atoms with Crippen molar-refractivity contribution >= 4 is 0 Å². The van der Waals surface area contributed by atoms with Crippen LogP contribution < -0.4 is 0 Å². The molecular weight excluding hydrogens is 128 g/mol. The van der Waals surface area contributed by atoms with Gasteiger partial charge in [0.15, 0.2) is 0 Å². The van der Waals surface area contributed by atoms with Crippen molar-refractivity contribution in [3.63, 3.8) is 0 Å². The molecule has 0 radical (unpaired) electrons. The summed E-state index contributed by atoms with van der Waals surface area (Å²) in [4.78, 5) is 7.62. The molecule has 1 rings (SSSR count). The van der Waals surface area contributed by atoms with E-state index in [4.69, 9.17) is 11.5 Å². The topological polar surface area (TPSA) is 46.0 Å². The third-order valence-corrected chi connectivity index (χ3v) is 1.02. The number of aromatic nitrogens is 2. The zero-order chi connectivity index (χ0) is 7.40. The molecule has 0 spiro atoms. The van der Waals surface area contributed by atoms with Crippen molar-refractivity contribution in [2.45, 2.75) is 6.61 Å². The maximum absolute atomic E-state index is 8.55. The minimum absolute atomic E-state index is 0.0994. The van der Waals surface area contributed by atoms with Gasteiger partial charge in [0.2, 0.25) is 0 Å². The molecule has 0 unspecified atom stereocenters. The Balaban J connectivity index is 2.93. The summed E-state index contributed by atoms with van der Waals surface area (Å²) in [6, 6.07) is 0. The Bertz CT molecular complexity index is 247. The molecule has 1 aromatic heterocycles. The number of hydrogen-bond donors (Lipinski definition) is 1. The highest BCUT2D eigenvalue weighted by molar-refractivity contribution is 5.20. The largest absolute Gasteiger partial charge is 0.390 e. The standard InChI is InChI=1S/C7H6N2O/c1-2-6-3-9-7(5-10)4-8-6/h1,3-4,10H,5H2. The SMILES string of the molecule is C#Cc1cnc(CO)cn1. The molecule has 0 aromatic carbocycles. The van der Waals surface area contributed by atoms with Crippen LogP contribution in [-0.2, 0) is 6.61 Å². The van der Waals surface area contributed by atoms with E-state index in [0.29, 0.717) is 11.4 Å². The lowest BCUT2D eigenvalue weighted by molar-refractivity contribution is 0.276. The van der Waals surface area contributed by atoms with E-state index in [0.717, 1.165) is 0 Å². The first kappa shape index (κ1) is 6.72. The molecule has 0 saturated carbocycles. The summed E-state index contributed by atoms with van der Waals surface area (Å²) in [5.74, 6) is 2.32. The van der Waals surface area contributed by atoms with Crippen molar-refractivity contribution < 1.29 is 5.11 Å². The van der Waals surface area contributed by atoms with Crippen LogP contribution in [0.15, 0.2) is 12.4 Å². The van der Waals surface area contributed by atoms with Crippen molar-refractivity contribution in [3.8, 4) is 12.3 Å². The normalized spacial score (nSPS) is 8.80. The molecule has 1 N–H and O–H groups in total. The van der Waals surface area contributed by atoms with Gasteiger partial charge in [-0.15, -0.1) is 6.42 Å². The number of nitrogens with zero attached hydrogens (tertiary/aromatic N) is 2. The monoisotopic (exact) mass is 134 g/mol. The molecule has 3 nitrogen and oxygen atoms in total. The van der Waals surface area contributed by atoms with Gasteiger partial charge in [0.25, 0.3) is 0 Å². The molecule has 1 heterocycles. The van der Waals surface area contributed by atoms with Gasteiger partial charge in [0.1, 0.15) is 5.69 Å².